The third kappa shape index (κ3) is 3.04. The van der Waals surface area contributed by atoms with Crippen LogP contribution in [-0.4, -0.2) is 36.1 Å². The van der Waals surface area contributed by atoms with Gasteiger partial charge in [-0.05, 0) is 29.8 Å². The molecule has 0 aromatic heterocycles. The molecule has 8 nitrogen and oxygen atoms in total. The van der Waals surface area contributed by atoms with Gasteiger partial charge in [-0.1, -0.05) is 12.1 Å². The first-order chi connectivity index (χ1) is 12.6. The standard InChI is InChI=1S/C18H15N3O5/c22-16-8-19-18(24)21(16)9-11-1-3-12(4-2-11)17(23)20-13-5-6-14-15(7-13)26-10-25-14/h1-7H,8-10H2,(H,19,24)(H,20,23). The number of hydrogen-bond acceptors (Lipinski definition) is 5. The van der Waals surface area contributed by atoms with E-state index in [0.29, 0.717) is 22.7 Å². The normalized spacial score (nSPS) is 15.2. The Balaban J connectivity index is 1.42. The predicted octanol–water partition coefficient (Wildman–Crippen LogP) is 1.72. The number of anilines is 1. The van der Waals surface area contributed by atoms with Gasteiger partial charge >= 0.3 is 6.03 Å². The van der Waals surface area contributed by atoms with E-state index in [1.54, 1.807) is 42.5 Å². The molecule has 1 fully saturated rings. The van der Waals surface area contributed by atoms with Crippen LogP contribution < -0.4 is 20.1 Å². The molecule has 132 valence electrons. The van der Waals surface area contributed by atoms with Gasteiger partial charge in [0.05, 0.1) is 13.1 Å². The number of imide groups is 1. The van der Waals surface area contributed by atoms with Crippen molar-refractivity contribution in [2.75, 3.05) is 18.7 Å². The van der Waals surface area contributed by atoms with Crippen molar-refractivity contribution in [3.05, 3.63) is 53.6 Å². The summed E-state index contributed by atoms with van der Waals surface area (Å²) < 4.78 is 10.5. The molecular formula is C18H15N3O5. The summed E-state index contributed by atoms with van der Waals surface area (Å²) >= 11 is 0. The monoisotopic (exact) mass is 353 g/mol. The van der Waals surface area contributed by atoms with Crippen LogP contribution >= 0.6 is 0 Å². The van der Waals surface area contributed by atoms with Crippen molar-refractivity contribution in [1.82, 2.24) is 10.2 Å². The van der Waals surface area contributed by atoms with Gasteiger partial charge < -0.3 is 20.1 Å². The first-order valence-corrected chi connectivity index (χ1v) is 7.98. The van der Waals surface area contributed by atoms with Crippen molar-refractivity contribution in [3.8, 4) is 11.5 Å². The Kier molecular flexibility index (Phi) is 3.92. The number of amides is 4. The minimum absolute atomic E-state index is 0.0227. The number of fused-ring (bicyclic) bond motifs is 1. The van der Waals surface area contributed by atoms with Crippen LogP contribution in [0.5, 0.6) is 11.5 Å². The van der Waals surface area contributed by atoms with Gasteiger partial charge in [-0.15, -0.1) is 0 Å². The van der Waals surface area contributed by atoms with Gasteiger partial charge in [0, 0.05) is 17.3 Å². The largest absolute Gasteiger partial charge is 0.454 e. The number of carbonyl (C=O) groups excluding carboxylic acids is 3. The quantitative estimate of drug-likeness (QED) is 0.816. The second kappa shape index (κ2) is 6.40. The number of nitrogens with one attached hydrogen (secondary N) is 2. The molecule has 2 aromatic carbocycles. The first kappa shape index (κ1) is 15.9. The van der Waals surface area contributed by atoms with Crippen molar-refractivity contribution < 1.29 is 23.9 Å². The molecule has 4 amide bonds. The van der Waals surface area contributed by atoms with Crippen molar-refractivity contribution in [2.24, 2.45) is 0 Å². The molecule has 2 N–H and O–H groups in total. The van der Waals surface area contributed by atoms with E-state index in [-0.39, 0.29) is 31.7 Å². The highest BCUT2D eigenvalue weighted by atomic mass is 16.7. The lowest BCUT2D eigenvalue weighted by atomic mass is 10.1. The smallest absolute Gasteiger partial charge is 0.324 e. The fourth-order valence-corrected chi connectivity index (χ4v) is 2.74. The Morgan fingerprint density at radius 1 is 1.08 bits per heavy atom. The van der Waals surface area contributed by atoms with Gasteiger partial charge in [-0.2, -0.15) is 0 Å². The number of nitrogens with zero attached hydrogens (tertiary/aromatic N) is 1. The molecular weight excluding hydrogens is 338 g/mol. The van der Waals surface area contributed by atoms with Gasteiger partial charge in [0.2, 0.25) is 12.7 Å². The Hall–Kier alpha value is -3.55. The van der Waals surface area contributed by atoms with Crippen LogP contribution in [0.4, 0.5) is 10.5 Å². The van der Waals surface area contributed by atoms with E-state index in [1.807, 2.05) is 0 Å². The summed E-state index contributed by atoms with van der Waals surface area (Å²) in [5.74, 6) is 0.699. The average Bonchev–Trinajstić information content (AvgIpc) is 3.23. The fourth-order valence-electron chi connectivity index (χ4n) is 2.74. The molecule has 0 aliphatic carbocycles. The maximum atomic E-state index is 12.4. The summed E-state index contributed by atoms with van der Waals surface area (Å²) in [5, 5.41) is 5.26. The SMILES string of the molecule is O=C(Nc1ccc2c(c1)OCO2)c1ccc(CN2C(=O)CNC2=O)cc1. The van der Waals surface area contributed by atoms with Crippen LogP contribution in [0.2, 0.25) is 0 Å². The number of urea groups is 1. The lowest BCUT2D eigenvalue weighted by Crippen LogP contribution is -2.30. The van der Waals surface area contributed by atoms with E-state index in [0.717, 1.165) is 10.5 Å². The third-order valence-electron chi connectivity index (χ3n) is 4.12. The molecule has 0 radical (unpaired) electrons. The third-order valence-corrected chi connectivity index (χ3v) is 4.12. The average molecular weight is 353 g/mol. The maximum absolute atomic E-state index is 12.4. The lowest BCUT2D eigenvalue weighted by molar-refractivity contribution is -0.125. The highest BCUT2D eigenvalue weighted by Crippen LogP contribution is 2.34. The minimum Gasteiger partial charge on any atom is -0.454 e. The van der Waals surface area contributed by atoms with Gasteiger partial charge in [0.15, 0.2) is 11.5 Å². The molecule has 0 atom stereocenters. The molecule has 2 heterocycles. The Labute approximate surface area is 148 Å². The van der Waals surface area contributed by atoms with Crippen molar-refractivity contribution in [2.45, 2.75) is 6.54 Å². The van der Waals surface area contributed by atoms with Crippen LogP contribution in [0.1, 0.15) is 15.9 Å². The molecule has 1 saturated heterocycles. The first-order valence-electron chi connectivity index (χ1n) is 7.98. The van der Waals surface area contributed by atoms with Crippen LogP contribution in [0, 0.1) is 0 Å². The van der Waals surface area contributed by atoms with Crippen molar-refractivity contribution >= 4 is 23.5 Å². The molecule has 0 unspecified atom stereocenters. The molecule has 26 heavy (non-hydrogen) atoms. The summed E-state index contributed by atoms with van der Waals surface area (Å²) in [6.07, 6.45) is 0. The molecule has 2 aliphatic rings. The summed E-state index contributed by atoms with van der Waals surface area (Å²) in [7, 11) is 0. The van der Waals surface area contributed by atoms with Gasteiger partial charge in [0.25, 0.3) is 5.91 Å². The maximum Gasteiger partial charge on any atom is 0.324 e. The van der Waals surface area contributed by atoms with Crippen LogP contribution in [0.25, 0.3) is 0 Å². The molecule has 2 aliphatic heterocycles. The highest BCUT2D eigenvalue weighted by Gasteiger charge is 2.28. The molecule has 2 aromatic rings. The number of carbonyl (C=O) groups is 3. The van der Waals surface area contributed by atoms with Crippen molar-refractivity contribution in [3.63, 3.8) is 0 Å². The van der Waals surface area contributed by atoms with Crippen LogP contribution in [0.3, 0.4) is 0 Å². The van der Waals surface area contributed by atoms with Gasteiger partial charge in [-0.3, -0.25) is 14.5 Å². The number of rotatable bonds is 4. The van der Waals surface area contributed by atoms with Gasteiger partial charge in [0.1, 0.15) is 0 Å². The summed E-state index contributed by atoms with van der Waals surface area (Å²) in [6.45, 7) is 0.370. The van der Waals surface area contributed by atoms with E-state index in [2.05, 4.69) is 10.6 Å². The fraction of sp³-hybridized carbons (Fsp3) is 0.167. The number of ether oxygens (including phenoxy) is 2. The molecule has 0 bridgehead atoms. The Bertz CT molecular complexity index is 878. The Morgan fingerprint density at radius 3 is 2.58 bits per heavy atom. The van der Waals surface area contributed by atoms with E-state index in [4.69, 9.17) is 9.47 Å². The highest BCUT2D eigenvalue weighted by molar-refractivity contribution is 6.04. The second-order valence-electron chi connectivity index (χ2n) is 5.86. The summed E-state index contributed by atoms with van der Waals surface area (Å²) in [6, 6.07) is 11.5. The predicted molar refractivity (Wildman–Crippen MR) is 90.9 cm³/mol. The molecule has 8 heteroatoms. The van der Waals surface area contributed by atoms with Crippen molar-refractivity contribution in [1.29, 1.82) is 0 Å². The van der Waals surface area contributed by atoms with E-state index in [1.165, 1.54) is 0 Å². The minimum atomic E-state index is -0.403. The Morgan fingerprint density at radius 2 is 1.85 bits per heavy atom. The van der Waals surface area contributed by atoms with Gasteiger partial charge in [-0.25, -0.2) is 4.79 Å². The zero-order valence-electron chi connectivity index (χ0n) is 13.7. The molecule has 0 saturated carbocycles. The topological polar surface area (TPSA) is 97.0 Å². The zero-order valence-corrected chi connectivity index (χ0v) is 13.7. The zero-order chi connectivity index (χ0) is 18.1. The summed E-state index contributed by atoms with van der Waals surface area (Å²) in [4.78, 5) is 36.7. The van der Waals surface area contributed by atoms with E-state index >= 15 is 0 Å². The summed E-state index contributed by atoms with van der Waals surface area (Å²) in [5.41, 5.74) is 1.82. The number of benzene rings is 2. The molecule has 0 spiro atoms. The van der Waals surface area contributed by atoms with Crippen LogP contribution in [-0.2, 0) is 11.3 Å². The molecule has 4 rings (SSSR count). The van der Waals surface area contributed by atoms with Crippen LogP contribution in [0.15, 0.2) is 42.5 Å². The second-order valence-corrected chi connectivity index (χ2v) is 5.86. The lowest BCUT2D eigenvalue weighted by Gasteiger charge is -2.12. The van der Waals surface area contributed by atoms with E-state index in [9.17, 15) is 14.4 Å². The van der Waals surface area contributed by atoms with E-state index < -0.39 is 6.03 Å². The number of hydrogen-bond donors (Lipinski definition) is 2.